The largest absolute Gasteiger partial charge is 0.198 e. The monoisotopic (exact) mass is 149 g/mol. The van der Waals surface area contributed by atoms with Gasteiger partial charge in [0.15, 0.2) is 0 Å². The first-order valence-corrected chi connectivity index (χ1v) is 4.74. The molecule has 1 spiro atoms. The second kappa shape index (κ2) is 2.52. The van der Waals surface area contributed by atoms with Gasteiger partial charge in [0.25, 0.3) is 0 Å². The topological polar surface area (TPSA) is 23.8 Å². The molecule has 60 valence electrons. The molecule has 0 bridgehead atoms. The van der Waals surface area contributed by atoms with Crippen LogP contribution in [0.3, 0.4) is 0 Å². The van der Waals surface area contributed by atoms with Crippen LogP contribution in [0.2, 0.25) is 0 Å². The van der Waals surface area contributed by atoms with E-state index in [1.165, 1.54) is 44.9 Å². The number of nitriles is 1. The van der Waals surface area contributed by atoms with Gasteiger partial charge >= 0.3 is 0 Å². The summed E-state index contributed by atoms with van der Waals surface area (Å²) < 4.78 is 0. The predicted octanol–water partition coefficient (Wildman–Crippen LogP) is 2.87. The molecule has 11 heavy (non-hydrogen) atoms. The van der Waals surface area contributed by atoms with E-state index in [9.17, 15) is 0 Å². The van der Waals surface area contributed by atoms with Crippen LogP contribution in [-0.4, -0.2) is 0 Å². The van der Waals surface area contributed by atoms with E-state index in [2.05, 4.69) is 6.07 Å². The molecule has 1 heteroatoms. The second-order valence-electron chi connectivity index (χ2n) is 4.29. The van der Waals surface area contributed by atoms with Gasteiger partial charge in [-0.25, -0.2) is 0 Å². The lowest BCUT2D eigenvalue weighted by Gasteiger charge is -2.47. The maximum atomic E-state index is 8.65. The van der Waals surface area contributed by atoms with Crippen LogP contribution in [0.15, 0.2) is 0 Å². The summed E-state index contributed by atoms with van der Waals surface area (Å²) in [5.41, 5.74) is 0.651. The molecule has 0 unspecified atom stereocenters. The summed E-state index contributed by atoms with van der Waals surface area (Å²) in [7, 11) is 0. The molecule has 0 aromatic rings. The molecule has 0 N–H and O–H groups in total. The third kappa shape index (κ3) is 1.15. The van der Waals surface area contributed by atoms with Gasteiger partial charge in [0, 0.05) is 5.92 Å². The van der Waals surface area contributed by atoms with Crippen molar-refractivity contribution in [2.75, 3.05) is 0 Å². The van der Waals surface area contributed by atoms with Crippen LogP contribution in [0.25, 0.3) is 0 Å². The Labute approximate surface area is 68.4 Å². The highest BCUT2D eigenvalue weighted by Gasteiger charge is 2.44. The quantitative estimate of drug-likeness (QED) is 0.519. The van der Waals surface area contributed by atoms with Crippen molar-refractivity contribution in [1.29, 1.82) is 5.26 Å². The highest BCUT2D eigenvalue weighted by molar-refractivity contribution is 5.03. The molecule has 0 saturated heterocycles. The van der Waals surface area contributed by atoms with Gasteiger partial charge in [0.2, 0.25) is 0 Å². The first kappa shape index (κ1) is 7.16. The Balaban J connectivity index is 1.90. The Morgan fingerprint density at radius 2 is 1.73 bits per heavy atom. The Morgan fingerprint density at radius 1 is 1.09 bits per heavy atom. The first-order valence-electron chi connectivity index (χ1n) is 4.74. The molecular weight excluding hydrogens is 134 g/mol. The van der Waals surface area contributed by atoms with Crippen molar-refractivity contribution in [2.24, 2.45) is 11.3 Å². The summed E-state index contributed by atoms with van der Waals surface area (Å²) >= 11 is 0. The van der Waals surface area contributed by atoms with Crippen LogP contribution < -0.4 is 0 Å². The minimum atomic E-state index is 0.410. The molecule has 0 aromatic carbocycles. The van der Waals surface area contributed by atoms with E-state index in [0.717, 1.165) is 0 Å². The van der Waals surface area contributed by atoms with Gasteiger partial charge in [-0.15, -0.1) is 0 Å². The van der Waals surface area contributed by atoms with Crippen molar-refractivity contribution in [3.05, 3.63) is 0 Å². The highest BCUT2D eigenvalue weighted by Crippen LogP contribution is 2.54. The van der Waals surface area contributed by atoms with E-state index in [1.54, 1.807) is 0 Å². The molecule has 2 aliphatic rings. The van der Waals surface area contributed by atoms with Gasteiger partial charge < -0.3 is 0 Å². The van der Waals surface area contributed by atoms with Crippen molar-refractivity contribution in [1.82, 2.24) is 0 Å². The molecule has 2 fully saturated rings. The van der Waals surface area contributed by atoms with Crippen molar-refractivity contribution in [3.8, 4) is 6.07 Å². The summed E-state index contributed by atoms with van der Waals surface area (Å²) in [6.45, 7) is 0. The number of hydrogen-bond donors (Lipinski definition) is 0. The molecule has 0 radical (unpaired) electrons. The van der Waals surface area contributed by atoms with Gasteiger partial charge in [0.1, 0.15) is 0 Å². The summed E-state index contributed by atoms with van der Waals surface area (Å²) in [4.78, 5) is 0. The molecule has 0 aliphatic heterocycles. The molecule has 0 amide bonds. The zero-order valence-electron chi connectivity index (χ0n) is 6.97. The predicted molar refractivity (Wildman–Crippen MR) is 43.9 cm³/mol. The lowest BCUT2D eigenvalue weighted by atomic mass is 9.56. The first-order chi connectivity index (χ1) is 5.35. The van der Waals surface area contributed by atoms with Gasteiger partial charge in [-0.3, -0.25) is 0 Å². The van der Waals surface area contributed by atoms with Gasteiger partial charge in [-0.1, -0.05) is 19.3 Å². The van der Waals surface area contributed by atoms with Crippen LogP contribution in [0.4, 0.5) is 0 Å². The second-order valence-corrected chi connectivity index (χ2v) is 4.29. The SMILES string of the molecule is N#CC1CC2(CCCCC2)C1. The summed E-state index contributed by atoms with van der Waals surface area (Å²) in [5.74, 6) is 0.410. The fraction of sp³-hybridized carbons (Fsp3) is 0.900. The molecule has 2 rings (SSSR count). The smallest absolute Gasteiger partial charge is 0.0656 e. The van der Waals surface area contributed by atoms with E-state index in [0.29, 0.717) is 11.3 Å². The van der Waals surface area contributed by atoms with Crippen molar-refractivity contribution in [2.45, 2.75) is 44.9 Å². The number of rotatable bonds is 0. The Hall–Kier alpha value is -0.510. The third-order valence-corrected chi connectivity index (χ3v) is 3.46. The lowest BCUT2D eigenvalue weighted by molar-refractivity contribution is 0.0414. The standard InChI is InChI=1S/C10H15N/c11-8-9-6-10(7-9)4-2-1-3-5-10/h9H,1-7H2. The highest BCUT2D eigenvalue weighted by atomic mass is 14.5. The molecular formula is C10H15N. The van der Waals surface area contributed by atoms with Gasteiger partial charge in [-0.2, -0.15) is 5.26 Å². The zero-order valence-corrected chi connectivity index (χ0v) is 6.97. The fourth-order valence-corrected chi connectivity index (χ4v) is 2.79. The van der Waals surface area contributed by atoms with Crippen molar-refractivity contribution >= 4 is 0 Å². The van der Waals surface area contributed by atoms with Crippen molar-refractivity contribution in [3.63, 3.8) is 0 Å². The summed E-state index contributed by atoms with van der Waals surface area (Å²) in [6.07, 6.45) is 9.50. The number of hydrogen-bond acceptors (Lipinski definition) is 1. The van der Waals surface area contributed by atoms with Crippen LogP contribution in [0, 0.1) is 22.7 Å². The molecule has 0 aromatic heterocycles. The van der Waals surface area contributed by atoms with Crippen LogP contribution in [0.5, 0.6) is 0 Å². The van der Waals surface area contributed by atoms with E-state index in [1.807, 2.05) is 0 Å². The average molecular weight is 149 g/mol. The van der Waals surface area contributed by atoms with Gasteiger partial charge in [-0.05, 0) is 31.1 Å². The van der Waals surface area contributed by atoms with E-state index < -0.39 is 0 Å². The Kier molecular flexibility index (Phi) is 1.64. The summed E-state index contributed by atoms with van der Waals surface area (Å²) in [5, 5.41) is 8.65. The van der Waals surface area contributed by atoms with Crippen LogP contribution in [0.1, 0.15) is 44.9 Å². The van der Waals surface area contributed by atoms with E-state index >= 15 is 0 Å². The maximum absolute atomic E-state index is 8.65. The Bertz CT molecular complexity index is 176. The number of nitrogens with zero attached hydrogens (tertiary/aromatic N) is 1. The Morgan fingerprint density at radius 3 is 2.27 bits per heavy atom. The molecule has 2 aliphatic carbocycles. The minimum Gasteiger partial charge on any atom is -0.198 e. The lowest BCUT2D eigenvalue weighted by Crippen LogP contribution is -2.38. The maximum Gasteiger partial charge on any atom is 0.0656 e. The summed E-state index contributed by atoms with van der Waals surface area (Å²) in [6, 6.07) is 2.37. The molecule has 2 saturated carbocycles. The fourth-order valence-electron chi connectivity index (χ4n) is 2.79. The third-order valence-electron chi connectivity index (χ3n) is 3.46. The molecule has 0 atom stereocenters. The van der Waals surface area contributed by atoms with Crippen molar-refractivity contribution < 1.29 is 0 Å². The minimum absolute atomic E-state index is 0.410. The van der Waals surface area contributed by atoms with Crippen LogP contribution >= 0.6 is 0 Å². The van der Waals surface area contributed by atoms with Gasteiger partial charge in [0.05, 0.1) is 6.07 Å². The average Bonchev–Trinajstić information content (AvgIpc) is 2.01. The van der Waals surface area contributed by atoms with Crippen LogP contribution in [-0.2, 0) is 0 Å². The van der Waals surface area contributed by atoms with E-state index in [-0.39, 0.29) is 0 Å². The van der Waals surface area contributed by atoms with E-state index in [4.69, 9.17) is 5.26 Å². The molecule has 0 heterocycles. The normalized spacial score (nSPS) is 29.4. The molecule has 1 nitrogen and oxygen atoms in total. The zero-order chi connectivity index (χ0) is 7.73.